The van der Waals surface area contributed by atoms with Gasteiger partial charge in [-0.1, -0.05) is 35.1 Å². The molecule has 214 valence electrons. The van der Waals surface area contributed by atoms with Gasteiger partial charge in [-0.2, -0.15) is 0 Å². The Labute approximate surface area is 239 Å². The van der Waals surface area contributed by atoms with Crippen molar-refractivity contribution >= 4 is 48.2 Å². The first-order valence-electron chi connectivity index (χ1n) is 12.1. The summed E-state index contributed by atoms with van der Waals surface area (Å²) in [5, 5.41) is 6.90. The standard InChI is InChI=1S/C24H26ClF2N7O3S3/c1-24(8-9-24)32-40(36,37)16-12-17(14-4-6-15(7-5-14)39(28,35)11-10-33(2)3)18-19(25)29-21(34(18)13-16)23-31-30-22(38-23)20(26)27/h4-7,12-13,20,28,32H,8-11H2,1-3H3/t39-/m1/s1. The van der Waals surface area contributed by atoms with Gasteiger partial charge in [-0.15, -0.1) is 10.2 Å². The Bertz CT molecular complexity index is 1800. The molecule has 1 aromatic carbocycles. The minimum absolute atomic E-state index is 0.00389. The number of alkyl halides is 2. The minimum Gasteiger partial charge on any atom is -0.308 e. The van der Waals surface area contributed by atoms with Crippen LogP contribution in [-0.2, 0) is 19.8 Å². The summed E-state index contributed by atoms with van der Waals surface area (Å²) in [7, 11) is -3.38. The van der Waals surface area contributed by atoms with Crippen molar-refractivity contribution in [3.63, 3.8) is 0 Å². The van der Waals surface area contributed by atoms with E-state index in [1.54, 1.807) is 24.3 Å². The molecule has 1 fully saturated rings. The Hall–Kier alpha value is -2.56. The van der Waals surface area contributed by atoms with Gasteiger partial charge in [0, 0.05) is 34.5 Å². The normalized spacial score (nSPS) is 16.6. The van der Waals surface area contributed by atoms with Gasteiger partial charge in [-0.3, -0.25) is 4.40 Å². The molecule has 1 atom stereocenters. The maximum Gasteiger partial charge on any atom is 0.291 e. The van der Waals surface area contributed by atoms with Crippen LogP contribution in [-0.4, -0.2) is 69.0 Å². The number of fused-ring (bicyclic) bond motifs is 1. The molecule has 16 heteroatoms. The second kappa shape index (κ2) is 10.4. The molecule has 1 aliphatic rings. The van der Waals surface area contributed by atoms with Gasteiger partial charge in [-0.25, -0.2) is 35.9 Å². The van der Waals surface area contributed by atoms with E-state index < -0.39 is 36.7 Å². The number of nitrogens with one attached hydrogen (secondary N) is 2. The van der Waals surface area contributed by atoms with Crippen LogP contribution >= 0.6 is 22.9 Å². The largest absolute Gasteiger partial charge is 0.308 e. The molecule has 3 aromatic heterocycles. The smallest absolute Gasteiger partial charge is 0.291 e. The van der Waals surface area contributed by atoms with E-state index in [1.807, 2.05) is 25.9 Å². The number of hydrogen-bond acceptors (Lipinski definition) is 9. The van der Waals surface area contributed by atoms with E-state index in [1.165, 1.54) is 16.7 Å². The fourth-order valence-electron chi connectivity index (χ4n) is 4.03. The molecule has 0 radical (unpaired) electrons. The maximum absolute atomic E-state index is 13.4. The minimum atomic E-state index is -4.00. The van der Waals surface area contributed by atoms with Crippen LogP contribution in [0.4, 0.5) is 8.78 Å². The third-order valence-corrected chi connectivity index (χ3v) is 11.1. The third kappa shape index (κ3) is 5.76. The van der Waals surface area contributed by atoms with Crippen molar-refractivity contribution in [2.75, 3.05) is 26.4 Å². The second-order valence-electron chi connectivity index (χ2n) is 10.2. The Morgan fingerprint density at radius 1 is 1.18 bits per heavy atom. The summed E-state index contributed by atoms with van der Waals surface area (Å²) in [4.78, 5) is 6.43. The summed E-state index contributed by atoms with van der Waals surface area (Å²) in [6.45, 7) is 2.29. The molecule has 0 saturated heterocycles. The Morgan fingerprint density at radius 3 is 2.42 bits per heavy atom. The summed E-state index contributed by atoms with van der Waals surface area (Å²) in [5.41, 5.74) is 0.707. The Kier molecular flexibility index (Phi) is 7.50. The molecule has 3 heterocycles. The van der Waals surface area contributed by atoms with Crippen molar-refractivity contribution < 1.29 is 21.4 Å². The molecule has 2 N–H and O–H groups in total. The fourth-order valence-corrected chi connectivity index (χ4v) is 7.91. The molecule has 0 aliphatic heterocycles. The molecule has 40 heavy (non-hydrogen) atoms. The topological polar surface area (TPSA) is 133 Å². The third-order valence-electron chi connectivity index (χ3n) is 6.55. The van der Waals surface area contributed by atoms with Crippen molar-refractivity contribution in [1.29, 1.82) is 4.78 Å². The van der Waals surface area contributed by atoms with Gasteiger partial charge in [-0.05, 0) is 57.6 Å². The van der Waals surface area contributed by atoms with Gasteiger partial charge < -0.3 is 4.90 Å². The lowest BCUT2D eigenvalue weighted by molar-refractivity contribution is 0.150. The number of halogens is 3. The summed E-state index contributed by atoms with van der Waals surface area (Å²) < 4.78 is 78.7. The van der Waals surface area contributed by atoms with Crippen molar-refractivity contribution in [3.05, 3.63) is 46.7 Å². The van der Waals surface area contributed by atoms with Crippen molar-refractivity contribution in [3.8, 4) is 22.0 Å². The maximum atomic E-state index is 13.4. The lowest BCUT2D eigenvalue weighted by Crippen LogP contribution is -2.34. The SMILES string of the molecule is CN(C)CC[S@@](=N)(=O)c1ccc(-c2cc(S(=O)(=O)NC3(C)CC3)cn3c(-c4nnc(C(F)F)s4)nc(Cl)c23)cc1. The van der Waals surface area contributed by atoms with Crippen molar-refractivity contribution in [2.24, 2.45) is 0 Å². The number of rotatable bonds is 10. The number of sulfonamides is 1. The Morgan fingerprint density at radius 2 is 1.85 bits per heavy atom. The van der Waals surface area contributed by atoms with Crippen LogP contribution < -0.4 is 4.72 Å². The second-order valence-corrected chi connectivity index (χ2v) is 15.4. The first kappa shape index (κ1) is 29.0. The highest BCUT2D eigenvalue weighted by molar-refractivity contribution is 7.92. The van der Waals surface area contributed by atoms with Crippen molar-refractivity contribution in [1.82, 2.24) is 29.2 Å². The highest BCUT2D eigenvalue weighted by Gasteiger charge is 2.41. The molecule has 0 bridgehead atoms. The van der Waals surface area contributed by atoms with Crippen LogP contribution in [0, 0.1) is 4.78 Å². The molecule has 4 aromatic rings. The Balaban J connectivity index is 1.67. The first-order chi connectivity index (χ1) is 18.7. The van der Waals surface area contributed by atoms with E-state index in [9.17, 15) is 21.4 Å². The molecule has 10 nitrogen and oxygen atoms in total. The van der Waals surface area contributed by atoms with E-state index in [0.717, 1.165) is 0 Å². The number of pyridine rings is 1. The summed E-state index contributed by atoms with van der Waals surface area (Å²) in [6, 6.07) is 7.90. The highest BCUT2D eigenvalue weighted by Crippen LogP contribution is 2.39. The average Bonchev–Trinajstić information content (AvgIpc) is 3.27. The molecule has 1 aliphatic carbocycles. The predicted octanol–water partition coefficient (Wildman–Crippen LogP) is 4.91. The lowest BCUT2D eigenvalue weighted by Gasteiger charge is -2.15. The number of imidazole rings is 1. The van der Waals surface area contributed by atoms with Crippen molar-refractivity contribution in [2.45, 2.75) is 41.5 Å². The number of benzene rings is 1. The van der Waals surface area contributed by atoms with E-state index in [-0.39, 0.29) is 26.6 Å². The first-order valence-corrected chi connectivity index (χ1v) is 16.5. The molecule has 1 saturated carbocycles. The quantitative estimate of drug-likeness (QED) is 0.255. The van der Waals surface area contributed by atoms with E-state index >= 15 is 0 Å². The lowest BCUT2D eigenvalue weighted by atomic mass is 10.1. The average molecular weight is 630 g/mol. The van der Waals surface area contributed by atoms with Gasteiger partial charge >= 0.3 is 0 Å². The van der Waals surface area contributed by atoms with Crippen LogP contribution in [0.3, 0.4) is 0 Å². The van der Waals surface area contributed by atoms with Crippen LogP contribution in [0.15, 0.2) is 46.3 Å². The molecule has 5 rings (SSSR count). The zero-order valence-corrected chi connectivity index (χ0v) is 24.9. The fraction of sp³-hybridized carbons (Fsp3) is 0.375. The number of nitrogens with zero attached hydrogens (tertiary/aromatic N) is 5. The number of aromatic nitrogens is 4. The van der Waals surface area contributed by atoms with Crippen LogP contribution in [0.25, 0.3) is 27.5 Å². The van der Waals surface area contributed by atoms with Gasteiger partial charge in [0.05, 0.1) is 20.1 Å². The zero-order valence-electron chi connectivity index (χ0n) is 21.7. The molecule has 0 unspecified atom stereocenters. The van der Waals surface area contributed by atoms with Crippen LogP contribution in [0.5, 0.6) is 0 Å². The van der Waals surface area contributed by atoms with Crippen LogP contribution in [0.2, 0.25) is 5.15 Å². The summed E-state index contributed by atoms with van der Waals surface area (Å²) >= 11 is 7.17. The highest BCUT2D eigenvalue weighted by atomic mass is 35.5. The molecular weight excluding hydrogens is 604 g/mol. The van der Waals surface area contributed by atoms with Gasteiger partial charge in [0.1, 0.15) is 0 Å². The van der Waals surface area contributed by atoms with E-state index in [2.05, 4.69) is 19.9 Å². The van der Waals surface area contributed by atoms with Gasteiger partial charge in [0.25, 0.3) is 6.43 Å². The summed E-state index contributed by atoms with van der Waals surface area (Å²) in [6.07, 6.45) is -0.0957. The summed E-state index contributed by atoms with van der Waals surface area (Å²) in [5.74, 6) is 0.219. The predicted molar refractivity (Wildman–Crippen MR) is 150 cm³/mol. The molecular formula is C24H26ClF2N7O3S3. The van der Waals surface area contributed by atoms with Gasteiger partial charge in [0.2, 0.25) is 10.0 Å². The van der Waals surface area contributed by atoms with E-state index in [4.69, 9.17) is 16.4 Å². The molecule has 0 amide bonds. The molecule has 0 spiro atoms. The zero-order chi connectivity index (χ0) is 29.0. The monoisotopic (exact) mass is 629 g/mol. The van der Waals surface area contributed by atoms with Crippen LogP contribution in [0.1, 0.15) is 31.2 Å². The van der Waals surface area contributed by atoms with Gasteiger partial charge in [0.15, 0.2) is 21.0 Å². The number of hydrogen-bond donors (Lipinski definition) is 2. The van der Waals surface area contributed by atoms with E-state index in [0.29, 0.717) is 52.3 Å².